The van der Waals surface area contributed by atoms with Crippen LogP contribution < -0.4 is 11.1 Å². The van der Waals surface area contributed by atoms with Gasteiger partial charge in [-0.2, -0.15) is 0 Å². The van der Waals surface area contributed by atoms with Crippen molar-refractivity contribution in [1.82, 2.24) is 10.2 Å². The van der Waals surface area contributed by atoms with E-state index in [9.17, 15) is 4.79 Å². The lowest BCUT2D eigenvalue weighted by Gasteiger charge is -2.19. The maximum Gasteiger partial charge on any atom is 0.234 e. The zero-order chi connectivity index (χ0) is 10.4. The summed E-state index contributed by atoms with van der Waals surface area (Å²) in [6.07, 6.45) is 2.67. The Morgan fingerprint density at radius 1 is 1.57 bits per heavy atom. The van der Waals surface area contributed by atoms with E-state index in [4.69, 9.17) is 5.73 Å². The summed E-state index contributed by atoms with van der Waals surface area (Å²) in [4.78, 5) is 13.6. The van der Waals surface area contributed by atoms with Crippen molar-refractivity contribution in [3.05, 3.63) is 0 Å². The molecule has 4 nitrogen and oxygen atoms in total. The van der Waals surface area contributed by atoms with Crippen molar-refractivity contribution in [2.24, 2.45) is 11.7 Å². The Balaban J connectivity index is 2.13. The first kappa shape index (κ1) is 11.5. The van der Waals surface area contributed by atoms with E-state index in [1.54, 1.807) is 0 Å². The molecule has 1 fully saturated rings. The van der Waals surface area contributed by atoms with Crippen LogP contribution in [-0.2, 0) is 4.79 Å². The number of likely N-dealkylation sites (N-methyl/N-ethyl adjacent to an activating group) is 1. The summed E-state index contributed by atoms with van der Waals surface area (Å²) in [5, 5.41) is 2.79. The zero-order valence-corrected chi connectivity index (χ0v) is 8.96. The van der Waals surface area contributed by atoms with Crippen molar-refractivity contribution >= 4 is 5.91 Å². The fourth-order valence-electron chi connectivity index (χ4n) is 1.44. The summed E-state index contributed by atoms with van der Waals surface area (Å²) < 4.78 is 0. The van der Waals surface area contributed by atoms with Crippen LogP contribution in [0.5, 0.6) is 0 Å². The van der Waals surface area contributed by atoms with E-state index >= 15 is 0 Å². The second-order valence-corrected chi connectivity index (χ2v) is 3.91. The largest absolute Gasteiger partial charge is 0.354 e. The second-order valence-electron chi connectivity index (χ2n) is 3.91. The molecule has 0 aromatic rings. The van der Waals surface area contributed by atoms with Crippen LogP contribution in [-0.4, -0.2) is 43.5 Å². The molecule has 0 aromatic carbocycles. The Morgan fingerprint density at radius 2 is 2.29 bits per heavy atom. The van der Waals surface area contributed by atoms with Crippen LogP contribution in [0.15, 0.2) is 0 Å². The molecular formula is C10H21N3O. The highest BCUT2D eigenvalue weighted by Crippen LogP contribution is 2.29. The van der Waals surface area contributed by atoms with E-state index < -0.39 is 0 Å². The molecule has 0 unspecified atom stereocenters. The molecule has 0 radical (unpaired) electrons. The molecule has 0 atom stereocenters. The third kappa shape index (κ3) is 4.58. The number of hydrogen-bond donors (Lipinski definition) is 2. The summed E-state index contributed by atoms with van der Waals surface area (Å²) >= 11 is 0. The number of amides is 1. The van der Waals surface area contributed by atoms with E-state index in [0.29, 0.717) is 19.6 Å². The molecule has 0 saturated heterocycles. The normalized spacial score (nSPS) is 15.9. The summed E-state index contributed by atoms with van der Waals surface area (Å²) in [5.41, 5.74) is 5.30. The minimum Gasteiger partial charge on any atom is -0.354 e. The van der Waals surface area contributed by atoms with Crippen LogP contribution in [0.3, 0.4) is 0 Å². The van der Waals surface area contributed by atoms with Crippen molar-refractivity contribution in [1.29, 1.82) is 0 Å². The van der Waals surface area contributed by atoms with Gasteiger partial charge in [0.1, 0.15) is 0 Å². The highest BCUT2D eigenvalue weighted by atomic mass is 16.2. The third-order valence-corrected chi connectivity index (χ3v) is 2.49. The molecular weight excluding hydrogens is 178 g/mol. The van der Waals surface area contributed by atoms with Gasteiger partial charge in [-0.05, 0) is 25.3 Å². The SMILES string of the molecule is CCN(CC(=O)NCCN)CC1CC1. The molecule has 3 N–H and O–H groups in total. The molecule has 1 rings (SSSR count). The van der Waals surface area contributed by atoms with Gasteiger partial charge in [0, 0.05) is 19.6 Å². The molecule has 0 aliphatic heterocycles. The fourth-order valence-corrected chi connectivity index (χ4v) is 1.44. The molecule has 0 bridgehead atoms. The summed E-state index contributed by atoms with van der Waals surface area (Å²) in [5.74, 6) is 0.940. The lowest BCUT2D eigenvalue weighted by molar-refractivity contribution is -0.122. The lowest BCUT2D eigenvalue weighted by Crippen LogP contribution is -2.39. The van der Waals surface area contributed by atoms with Crippen molar-refractivity contribution in [2.75, 3.05) is 32.7 Å². The first-order valence-electron chi connectivity index (χ1n) is 5.45. The topological polar surface area (TPSA) is 58.4 Å². The number of nitrogens with one attached hydrogen (secondary N) is 1. The van der Waals surface area contributed by atoms with Crippen LogP contribution in [0.25, 0.3) is 0 Å². The molecule has 1 amide bonds. The molecule has 0 aromatic heterocycles. The van der Waals surface area contributed by atoms with Crippen molar-refractivity contribution in [3.63, 3.8) is 0 Å². The molecule has 0 spiro atoms. The average Bonchev–Trinajstić information content (AvgIpc) is 2.97. The first-order chi connectivity index (χ1) is 6.76. The monoisotopic (exact) mass is 199 g/mol. The summed E-state index contributed by atoms with van der Waals surface area (Å²) in [7, 11) is 0. The Morgan fingerprint density at radius 3 is 2.79 bits per heavy atom. The minimum atomic E-state index is 0.0953. The van der Waals surface area contributed by atoms with Crippen molar-refractivity contribution in [3.8, 4) is 0 Å². The van der Waals surface area contributed by atoms with Crippen LogP contribution in [0, 0.1) is 5.92 Å². The van der Waals surface area contributed by atoms with Gasteiger partial charge in [0.05, 0.1) is 6.54 Å². The number of carbonyl (C=O) groups is 1. The van der Waals surface area contributed by atoms with Gasteiger partial charge in [-0.25, -0.2) is 0 Å². The number of nitrogens with zero attached hydrogens (tertiary/aromatic N) is 1. The van der Waals surface area contributed by atoms with Gasteiger partial charge >= 0.3 is 0 Å². The molecule has 4 heteroatoms. The van der Waals surface area contributed by atoms with Crippen LogP contribution in [0.4, 0.5) is 0 Å². The van der Waals surface area contributed by atoms with Gasteiger partial charge in [0.25, 0.3) is 0 Å². The van der Waals surface area contributed by atoms with E-state index in [1.807, 2.05) is 0 Å². The molecule has 82 valence electrons. The average molecular weight is 199 g/mol. The Labute approximate surface area is 85.8 Å². The van der Waals surface area contributed by atoms with E-state index in [1.165, 1.54) is 12.8 Å². The smallest absolute Gasteiger partial charge is 0.234 e. The molecule has 1 aliphatic rings. The lowest BCUT2D eigenvalue weighted by atomic mass is 10.3. The summed E-state index contributed by atoms with van der Waals surface area (Å²) in [6.45, 7) is 5.74. The molecule has 0 heterocycles. The first-order valence-corrected chi connectivity index (χ1v) is 5.45. The Hall–Kier alpha value is -0.610. The molecule has 1 aliphatic carbocycles. The van der Waals surface area contributed by atoms with E-state index in [-0.39, 0.29) is 5.91 Å². The number of hydrogen-bond acceptors (Lipinski definition) is 3. The van der Waals surface area contributed by atoms with Gasteiger partial charge in [-0.15, -0.1) is 0 Å². The Kier molecular flexibility index (Phi) is 4.90. The fraction of sp³-hybridized carbons (Fsp3) is 0.900. The third-order valence-electron chi connectivity index (χ3n) is 2.49. The van der Waals surface area contributed by atoms with Crippen LogP contribution in [0.1, 0.15) is 19.8 Å². The molecule has 14 heavy (non-hydrogen) atoms. The predicted molar refractivity (Wildman–Crippen MR) is 56.9 cm³/mol. The predicted octanol–water partition coefficient (Wildman–Crippen LogP) is -0.207. The van der Waals surface area contributed by atoms with Gasteiger partial charge in [0.2, 0.25) is 5.91 Å². The maximum atomic E-state index is 11.4. The van der Waals surface area contributed by atoms with Crippen LogP contribution in [0.2, 0.25) is 0 Å². The highest BCUT2D eigenvalue weighted by molar-refractivity contribution is 5.77. The van der Waals surface area contributed by atoms with Crippen molar-refractivity contribution < 1.29 is 4.79 Å². The van der Waals surface area contributed by atoms with Crippen molar-refractivity contribution in [2.45, 2.75) is 19.8 Å². The Bertz CT molecular complexity index is 180. The minimum absolute atomic E-state index is 0.0953. The van der Waals surface area contributed by atoms with Gasteiger partial charge in [0.15, 0.2) is 0 Å². The summed E-state index contributed by atoms with van der Waals surface area (Å²) in [6, 6.07) is 0. The number of rotatable bonds is 7. The zero-order valence-electron chi connectivity index (χ0n) is 8.96. The highest BCUT2D eigenvalue weighted by Gasteiger charge is 2.24. The number of carbonyl (C=O) groups excluding carboxylic acids is 1. The van der Waals surface area contributed by atoms with Crippen LogP contribution >= 0.6 is 0 Å². The number of nitrogens with two attached hydrogens (primary N) is 1. The van der Waals surface area contributed by atoms with E-state index in [0.717, 1.165) is 19.0 Å². The van der Waals surface area contributed by atoms with Gasteiger partial charge in [-0.1, -0.05) is 6.92 Å². The standard InChI is InChI=1S/C10H21N3O/c1-2-13(7-9-3-4-9)8-10(14)12-6-5-11/h9H,2-8,11H2,1H3,(H,12,14). The van der Waals surface area contributed by atoms with Gasteiger partial charge < -0.3 is 11.1 Å². The second kappa shape index (κ2) is 5.98. The maximum absolute atomic E-state index is 11.4. The quantitative estimate of drug-likeness (QED) is 0.596. The molecule has 1 saturated carbocycles. The van der Waals surface area contributed by atoms with E-state index in [2.05, 4.69) is 17.1 Å². The van der Waals surface area contributed by atoms with Gasteiger partial charge in [-0.3, -0.25) is 9.69 Å².